The van der Waals surface area contributed by atoms with Gasteiger partial charge in [0.05, 0.1) is 12.2 Å². The number of rotatable bonds is 3. The number of likely N-dealkylation sites (tertiary alicyclic amines) is 1. The second kappa shape index (κ2) is 9.27. The first kappa shape index (κ1) is 21.8. The van der Waals surface area contributed by atoms with Crippen molar-refractivity contribution in [3.05, 3.63) is 24.4 Å². The molecule has 3 aliphatic heterocycles. The summed E-state index contributed by atoms with van der Waals surface area (Å²) in [6.07, 6.45) is 1.16. The third-order valence-electron chi connectivity index (χ3n) is 5.31. The average molecular weight is 418 g/mol. The summed E-state index contributed by atoms with van der Waals surface area (Å²) in [4.78, 5) is 15.7. The number of alkyl halides is 3. The standard InChI is InChI=1S/C17H24N2O3.C2HF3O2/c1-2-7-18-16(3-1)22-15-6-10-21-17(11-15)12-19(13-17)14-4-8-20-9-5-14;3-2(4,5)1(6)7/h1-3,7,14-15H,4-6,8-13H2;(H,6,7). The summed E-state index contributed by atoms with van der Waals surface area (Å²) in [5.74, 6) is -2.03. The number of carboxylic acid groups (broad SMARTS) is 1. The second-order valence-corrected chi connectivity index (χ2v) is 7.48. The number of nitrogens with zero attached hydrogens (tertiary/aromatic N) is 2. The van der Waals surface area contributed by atoms with Gasteiger partial charge in [-0.2, -0.15) is 13.2 Å². The maximum Gasteiger partial charge on any atom is 0.490 e. The lowest BCUT2D eigenvalue weighted by Gasteiger charge is -2.56. The minimum atomic E-state index is -5.08. The van der Waals surface area contributed by atoms with Crippen LogP contribution in [0.5, 0.6) is 5.88 Å². The molecule has 1 atom stereocenters. The molecule has 1 unspecified atom stereocenters. The van der Waals surface area contributed by atoms with Crippen LogP contribution in [0.1, 0.15) is 25.7 Å². The lowest BCUT2D eigenvalue weighted by molar-refractivity contribution is -0.200. The van der Waals surface area contributed by atoms with Gasteiger partial charge in [0.1, 0.15) is 6.10 Å². The van der Waals surface area contributed by atoms with Gasteiger partial charge in [-0.15, -0.1) is 0 Å². The van der Waals surface area contributed by atoms with Crippen LogP contribution in [-0.4, -0.2) is 77.8 Å². The predicted octanol–water partition coefficient (Wildman–Crippen LogP) is 2.51. The molecule has 1 N–H and O–H groups in total. The maximum absolute atomic E-state index is 10.6. The minimum absolute atomic E-state index is 0.00992. The summed E-state index contributed by atoms with van der Waals surface area (Å²) in [6, 6.07) is 6.49. The van der Waals surface area contributed by atoms with Crippen molar-refractivity contribution in [2.75, 3.05) is 32.9 Å². The molecule has 4 rings (SSSR count). The van der Waals surface area contributed by atoms with Gasteiger partial charge < -0.3 is 19.3 Å². The van der Waals surface area contributed by atoms with Crippen molar-refractivity contribution in [3.63, 3.8) is 0 Å². The fourth-order valence-corrected chi connectivity index (χ4v) is 3.89. The van der Waals surface area contributed by atoms with E-state index in [1.165, 1.54) is 0 Å². The molecule has 162 valence electrons. The third-order valence-corrected chi connectivity index (χ3v) is 5.31. The highest BCUT2D eigenvalue weighted by Gasteiger charge is 2.50. The van der Waals surface area contributed by atoms with Crippen LogP contribution >= 0.6 is 0 Å². The molecule has 1 spiro atoms. The van der Waals surface area contributed by atoms with Crippen molar-refractivity contribution < 1.29 is 37.3 Å². The van der Waals surface area contributed by atoms with E-state index in [4.69, 9.17) is 24.1 Å². The third kappa shape index (κ3) is 6.03. The lowest BCUT2D eigenvalue weighted by Crippen LogP contribution is -2.68. The van der Waals surface area contributed by atoms with Crippen LogP contribution in [0.4, 0.5) is 13.2 Å². The summed E-state index contributed by atoms with van der Waals surface area (Å²) in [6.45, 7) is 4.68. The molecule has 3 aliphatic rings. The van der Waals surface area contributed by atoms with Crippen molar-refractivity contribution in [2.24, 2.45) is 0 Å². The maximum atomic E-state index is 10.6. The first-order valence-electron chi connectivity index (χ1n) is 9.61. The van der Waals surface area contributed by atoms with Crippen LogP contribution in [0.3, 0.4) is 0 Å². The fraction of sp³-hybridized carbons (Fsp3) is 0.684. The Morgan fingerprint density at radius 3 is 2.48 bits per heavy atom. The number of carbonyl (C=O) groups is 1. The molecule has 0 aliphatic carbocycles. The Morgan fingerprint density at radius 2 is 1.90 bits per heavy atom. The number of aliphatic carboxylic acids is 1. The summed E-state index contributed by atoms with van der Waals surface area (Å²) in [5, 5.41) is 7.12. The highest BCUT2D eigenvalue weighted by Crippen LogP contribution is 2.37. The van der Waals surface area contributed by atoms with E-state index in [1.54, 1.807) is 6.20 Å². The number of ether oxygens (including phenoxy) is 3. The molecule has 0 saturated carbocycles. The zero-order valence-electron chi connectivity index (χ0n) is 15.9. The molecule has 0 bridgehead atoms. The summed E-state index contributed by atoms with van der Waals surface area (Å²) >= 11 is 0. The molecule has 4 heterocycles. The summed E-state index contributed by atoms with van der Waals surface area (Å²) < 4.78 is 49.3. The lowest BCUT2D eigenvalue weighted by atomic mass is 9.82. The molecule has 0 aromatic carbocycles. The molecule has 3 saturated heterocycles. The Hall–Kier alpha value is -1.91. The van der Waals surface area contributed by atoms with Crippen LogP contribution in [0.15, 0.2) is 24.4 Å². The first-order chi connectivity index (χ1) is 13.8. The topological polar surface area (TPSA) is 81.1 Å². The van der Waals surface area contributed by atoms with Crippen LogP contribution < -0.4 is 4.74 Å². The minimum Gasteiger partial charge on any atom is -0.475 e. The Balaban J connectivity index is 0.000000298. The Labute approximate surface area is 166 Å². The van der Waals surface area contributed by atoms with E-state index in [1.807, 2.05) is 18.2 Å². The molecule has 7 nitrogen and oxygen atoms in total. The van der Waals surface area contributed by atoms with E-state index in [2.05, 4.69) is 9.88 Å². The normalized spacial score (nSPS) is 24.9. The molecular formula is C19H25F3N2O5. The Bertz CT molecular complexity index is 662. The smallest absolute Gasteiger partial charge is 0.475 e. The summed E-state index contributed by atoms with van der Waals surface area (Å²) in [5.41, 5.74) is 0.00992. The van der Waals surface area contributed by atoms with Gasteiger partial charge in [0.2, 0.25) is 5.88 Å². The molecule has 3 fully saturated rings. The average Bonchev–Trinajstić information content (AvgIpc) is 2.67. The number of aromatic nitrogens is 1. The molecule has 10 heteroatoms. The van der Waals surface area contributed by atoms with Gasteiger partial charge in [-0.1, -0.05) is 6.07 Å². The SMILES string of the molecule is O=C(O)C(F)(F)F.c1ccc(OC2CCOC3(C2)CN(C2CCOCC2)C3)nc1. The van der Waals surface area contributed by atoms with Gasteiger partial charge in [-0.05, 0) is 18.9 Å². The first-order valence-corrected chi connectivity index (χ1v) is 9.61. The van der Waals surface area contributed by atoms with Crippen LogP contribution in [0.25, 0.3) is 0 Å². The quantitative estimate of drug-likeness (QED) is 0.808. The van der Waals surface area contributed by atoms with E-state index >= 15 is 0 Å². The fourth-order valence-electron chi connectivity index (χ4n) is 3.89. The Kier molecular flexibility index (Phi) is 6.97. The van der Waals surface area contributed by atoms with Crippen LogP contribution in [-0.2, 0) is 14.3 Å². The molecule has 0 radical (unpaired) electrons. The van der Waals surface area contributed by atoms with Gasteiger partial charge in [0.25, 0.3) is 0 Å². The predicted molar refractivity (Wildman–Crippen MR) is 95.7 cm³/mol. The monoisotopic (exact) mass is 418 g/mol. The van der Waals surface area contributed by atoms with E-state index < -0.39 is 12.1 Å². The molecule has 29 heavy (non-hydrogen) atoms. The van der Waals surface area contributed by atoms with Crippen LogP contribution in [0.2, 0.25) is 0 Å². The number of pyridine rings is 1. The Morgan fingerprint density at radius 1 is 1.21 bits per heavy atom. The van der Waals surface area contributed by atoms with Gasteiger partial charge in [-0.3, -0.25) is 4.90 Å². The molecular weight excluding hydrogens is 393 g/mol. The molecule has 0 amide bonds. The largest absolute Gasteiger partial charge is 0.490 e. The van der Waals surface area contributed by atoms with E-state index in [-0.39, 0.29) is 11.7 Å². The molecule has 1 aromatic rings. The summed E-state index contributed by atoms with van der Waals surface area (Å²) in [7, 11) is 0. The van der Waals surface area contributed by atoms with Crippen molar-refractivity contribution in [3.8, 4) is 5.88 Å². The van der Waals surface area contributed by atoms with Gasteiger partial charge in [-0.25, -0.2) is 9.78 Å². The van der Waals surface area contributed by atoms with Gasteiger partial charge in [0.15, 0.2) is 0 Å². The van der Waals surface area contributed by atoms with E-state index in [0.29, 0.717) is 6.04 Å². The highest BCUT2D eigenvalue weighted by atomic mass is 19.4. The molecule has 1 aromatic heterocycles. The van der Waals surface area contributed by atoms with Gasteiger partial charge in [0, 0.05) is 57.4 Å². The van der Waals surface area contributed by atoms with Crippen LogP contribution in [0, 0.1) is 0 Å². The number of hydrogen-bond acceptors (Lipinski definition) is 6. The highest BCUT2D eigenvalue weighted by molar-refractivity contribution is 5.73. The number of halogens is 3. The number of hydrogen-bond donors (Lipinski definition) is 1. The zero-order valence-corrected chi connectivity index (χ0v) is 15.9. The van der Waals surface area contributed by atoms with Gasteiger partial charge >= 0.3 is 12.1 Å². The zero-order chi connectivity index (χ0) is 20.9. The van der Waals surface area contributed by atoms with E-state index in [9.17, 15) is 13.2 Å². The van der Waals surface area contributed by atoms with Crippen molar-refractivity contribution in [2.45, 2.75) is 49.6 Å². The number of carboxylic acids is 1. The van der Waals surface area contributed by atoms with Crippen molar-refractivity contribution >= 4 is 5.97 Å². The second-order valence-electron chi connectivity index (χ2n) is 7.48. The van der Waals surface area contributed by atoms with Crippen molar-refractivity contribution in [1.29, 1.82) is 0 Å². The van der Waals surface area contributed by atoms with E-state index in [0.717, 1.165) is 64.5 Å². The van der Waals surface area contributed by atoms with Crippen molar-refractivity contribution in [1.82, 2.24) is 9.88 Å².